The van der Waals surface area contributed by atoms with Gasteiger partial charge in [-0.3, -0.25) is 20.2 Å². The number of nitro benzene ring substituents is 2. The van der Waals surface area contributed by atoms with Crippen LogP contribution in [0.4, 0.5) is 34.1 Å². The summed E-state index contributed by atoms with van der Waals surface area (Å²) in [6.07, 6.45) is 0. The van der Waals surface area contributed by atoms with Gasteiger partial charge in [-0.25, -0.2) is 0 Å². The van der Waals surface area contributed by atoms with E-state index in [-0.39, 0.29) is 11.4 Å². The van der Waals surface area contributed by atoms with E-state index in [4.69, 9.17) is 0 Å². The van der Waals surface area contributed by atoms with E-state index in [0.29, 0.717) is 5.69 Å². The topological polar surface area (TPSA) is 123 Å². The van der Waals surface area contributed by atoms with Gasteiger partial charge in [-0.15, -0.1) is 10.2 Å². The summed E-state index contributed by atoms with van der Waals surface area (Å²) in [7, 11) is 0. The van der Waals surface area contributed by atoms with E-state index in [1.54, 1.807) is 6.07 Å². The average Bonchev–Trinajstić information content (AvgIpc) is 2.79. The van der Waals surface area contributed by atoms with Crippen LogP contribution in [-0.2, 0) is 0 Å². The first-order valence-electron chi connectivity index (χ1n) is 9.21. The van der Waals surface area contributed by atoms with E-state index >= 15 is 0 Å². The summed E-state index contributed by atoms with van der Waals surface area (Å²) in [4.78, 5) is 20.8. The number of non-ortho nitro benzene ring substituents is 1. The summed E-state index contributed by atoms with van der Waals surface area (Å²) in [6.45, 7) is 0. The average molecular weight is 413 g/mol. The third kappa shape index (κ3) is 4.20. The van der Waals surface area contributed by atoms with Crippen LogP contribution in [0.5, 0.6) is 0 Å². The smallest absolute Gasteiger partial charge is 0.303 e. The first-order chi connectivity index (χ1) is 15.0. The SMILES string of the molecule is O=[N+]([O-])c1ccc(N=Nc2ccc(Nc3ccccc3)c3ccccc23)c([N+](=O)[O-])c1. The number of rotatable bonds is 6. The van der Waals surface area contributed by atoms with Gasteiger partial charge in [-0.2, -0.15) is 0 Å². The molecule has 0 aliphatic heterocycles. The molecular weight excluding hydrogens is 398 g/mol. The zero-order chi connectivity index (χ0) is 21.8. The molecule has 152 valence electrons. The van der Waals surface area contributed by atoms with Crippen LogP contribution < -0.4 is 5.32 Å². The monoisotopic (exact) mass is 413 g/mol. The fraction of sp³-hybridized carbons (Fsp3) is 0. The van der Waals surface area contributed by atoms with Crippen LogP contribution in [0.1, 0.15) is 0 Å². The molecule has 0 bridgehead atoms. The summed E-state index contributed by atoms with van der Waals surface area (Å²) in [5.41, 5.74) is 1.40. The van der Waals surface area contributed by atoms with E-state index < -0.39 is 15.5 Å². The lowest BCUT2D eigenvalue weighted by atomic mass is 10.1. The fourth-order valence-electron chi connectivity index (χ4n) is 3.12. The number of nitro groups is 2. The highest BCUT2D eigenvalue weighted by atomic mass is 16.6. The van der Waals surface area contributed by atoms with Gasteiger partial charge >= 0.3 is 5.69 Å². The molecule has 31 heavy (non-hydrogen) atoms. The largest absolute Gasteiger partial charge is 0.355 e. The molecule has 0 aromatic heterocycles. The van der Waals surface area contributed by atoms with Crippen LogP contribution in [-0.4, -0.2) is 9.85 Å². The molecule has 0 saturated heterocycles. The van der Waals surface area contributed by atoms with Crippen molar-refractivity contribution in [1.29, 1.82) is 0 Å². The summed E-state index contributed by atoms with van der Waals surface area (Å²) < 4.78 is 0. The molecular formula is C22H15N5O4. The number of para-hydroxylation sites is 1. The van der Waals surface area contributed by atoms with E-state index in [2.05, 4.69) is 15.5 Å². The third-order valence-corrected chi connectivity index (χ3v) is 4.59. The van der Waals surface area contributed by atoms with Gasteiger partial charge < -0.3 is 5.32 Å². The Hall–Kier alpha value is -4.66. The van der Waals surface area contributed by atoms with Crippen molar-refractivity contribution in [2.75, 3.05) is 5.32 Å². The van der Waals surface area contributed by atoms with Crippen LogP contribution in [0.2, 0.25) is 0 Å². The maximum Gasteiger partial charge on any atom is 0.303 e. The Labute approximate surface area is 176 Å². The van der Waals surface area contributed by atoms with Gasteiger partial charge in [0, 0.05) is 28.2 Å². The van der Waals surface area contributed by atoms with Crippen LogP contribution in [0.25, 0.3) is 10.8 Å². The first kappa shape index (κ1) is 19.6. The van der Waals surface area contributed by atoms with E-state index in [0.717, 1.165) is 34.3 Å². The maximum absolute atomic E-state index is 11.3. The zero-order valence-corrected chi connectivity index (χ0v) is 16.0. The highest BCUT2D eigenvalue weighted by Crippen LogP contribution is 2.36. The standard InChI is InChI=1S/C22H15N5O4/c28-26(29)16-10-11-21(22(14-16)27(30)31)25-24-20-13-12-19(17-8-4-5-9-18(17)20)23-15-6-2-1-3-7-15/h1-14,23H. The van der Waals surface area contributed by atoms with Crippen molar-refractivity contribution in [2.24, 2.45) is 10.2 Å². The van der Waals surface area contributed by atoms with E-state index in [1.807, 2.05) is 60.7 Å². The molecule has 0 aliphatic carbocycles. The summed E-state index contributed by atoms with van der Waals surface area (Å²) in [5, 5.41) is 35.5. The molecule has 0 saturated carbocycles. The molecule has 0 heterocycles. The Morgan fingerprint density at radius 2 is 1.32 bits per heavy atom. The Kier molecular flexibility index (Phi) is 5.31. The summed E-state index contributed by atoms with van der Waals surface area (Å²) >= 11 is 0. The van der Waals surface area contributed by atoms with Gasteiger partial charge in [0.15, 0.2) is 5.69 Å². The molecule has 0 spiro atoms. The second-order valence-electron chi connectivity index (χ2n) is 6.56. The van der Waals surface area contributed by atoms with Crippen LogP contribution in [0.15, 0.2) is 95.2 Å². The molecule has 9 heteroatoms. The van der Waals surface area contributed by atoms with E-state index in [9.17, 15) is 20.2 Å². The zero-order valence-electron chi connectivity index (χ0n) is 16.0. The molecule has 4 rings (SSSR count). The van der Waals surface area contributed by atoms with Crippen LogP contribution in [0, 0.1) is 20.2 Å². The van der Waals surface area contributed by atoms with Crippen molar-refractivity contribution < 1.29 is 9.85 Å². The van der Waals surface area contributed by atoms with Crippen molar-refractivity contribution in [3.8, 4) is 0 Å². The number of hydrogen-bond donors (Lipinski definition) is 1. The van der Waals surface area contributed by atoms with Crippen LogP contribution in [0.3, 0.4) is 0 Å². The van der Waals surface area contributed by atoms with Crippen molar-refractivity contribution in [3.63, 3.8) is 0 Å². The first-order valence-corrected chi connectivity index (χ1v) is 9.21. The Bertz CT molecular complexity index is 1320. The molecule has 4 aromatic rings. The third-order valence-electron chi connectivity index (χ3n) is 4.59. The molecule has 0 aliphatic rings. The molecule has 1 N–H and O–H groups in total. The highest BCUT2D eigenvalue weighted by Gasteiger charge is 2.19. The molecule has 0 amide bonds. The maximum atomic E-state index is 11.3. The number of nitrogens with one attached hydrogen (secondary N) is 1. The Morgan fingerprint density at radius 1 is 0.677 bits per heavy atom. The minimum absolute atomic E-state index is 0.0637. The molecule has 0 atom stereocenters. The number of nitrogens with zero attached hydrogens (tertiary/aromatic N) is 4. The van der Waals surface area contributed by atoms with E-state index in [1.165, 1.54) is 6.07 Å². The van der Waals surface area contributed by atoms with Crippen molar-refractivity contribution in [1.82, 2.24) is 0 Å². The number of anilines is 2. The predicted molar refractivity (Wildman–Crippen MR) is 118 cm³/mol. The lowest BCUT2D eigenvalue weighted by Crippen LogP contribution is -1.92. The predicted octanol–water partition coefficient (Wildman–Crippen LogP) is 6.82. The van der Waals surface area contributed by atoms with Crippen LogP contribution >= 0.6 is 0 Å². The van der Waals surface area contributed by atoms with Gasteiger partial charge in [0.2, 0.25) is 0 Å². The van der Waals surface area contributed by atoms with Crippen molar-refractivity contribution in [2.45, 2.75) is 0 Å². The fourth-order valence-corrected chi connectivity index (χ4v) is 3.12. The molecule has 0 unspecified atom stereocenters. The number of hydrogen-bond acceptors (Lipinski definition) is 7. The van der Waals surface area contributed by atoms with Gasteiger partial charge in [-0.1, -0.05) is 42.5 Å². The van der Waals surface area contributed by atoms with Gasteiger partial charge in [0.1, 0.15) is 0 Å². The quantitative estimate of drug-likeness (QED) is 0.211. The molecule has 4 aromatic carbocycles. The van der Waals surface area contributed by atoms with Crippen molar-refractivity contribution in [3.05, 3.63) is 105 Å². The Morgan fingerprint density at radius 3 is 2.03 bits per heavy atom. The second kappa shape index (κ2) is 8.37. The van der Waals surface area contributed by atoms with Gasteiger partial charge in [0.05, 0.1) is 21.6 Å². The molecule has 9 nitrogen and oxygen atoms in total. The summed E-state index contributed by atoms with van der Waals surface area (Å²) in [6, 6.07) is 24.2. The Balaban J connectivity index is 1.73. The number of azo groups is 1. The van der Waals surface area contributed by atoms with Gasteiger partial charge in [0.25, 0.3) is 5.69 Å². The lowest BCUT2D eigenvalue weighted by molar-refractivity contribution is -0.393. The minimum Gasteiger partial charge on any atom is -0.355 e. The highest BCUT2D eigenvalue weighted by molar-refractivity contribution is 6.01. The van der Waals surface area contributed by atoms with Gasteiger partial charge in [-0.05, 0) is 30.3 Å². The minimum atomic E-state index is -0.716. The number of benzene rings is 4. The van der Waals surface area contributed by atoms with Crippen molar-refractivity contribution >= 4 is 44.9 Å². The lowest BCUT2D eigenvalue weighted by Gasteiger charge is -2.11. The molecule has 0 fully saturated rings. The second-order valence-corrected chi connectivity index (χ2v) is 6.56. The summed E-state index contributed by atoms with van der Waals surface area (Å²) in [5.74, 6) is 0. The normalized spacial score (nSPS) is 11.0. The molecule has 0 radical (unpaired) electrons. The number of fused-ring (bicyclic) bond motifs is 1.